The number of hydrogen-bond acceptors (Lipinski definition) is 4. The van der Waals surface area contributed by atoms with E-state index in [1.54, 1.807) is 0 Å². The van der Waals surface area contributed by atoms with E-state index >= 15 is 0 Å². The second-order valence-corrected chi connectivity index (χ2v) is 15.7. The molecule has 3 aromatic carbocycles. The Balaban J connectivity index is 0. The van der Waals surface area contributed by atoms with Crippen LogP contribution in [0.15, 0.2) is 36.4 Å². The SMILES string of the molecule is Cl.N#[N+]c1cc(I)c(I)c(I)c1.NNc1cc(I)c(I)c(I)c1.Nc1cc(I)c(I)c(I)c1.[Cl-]. The zero-order valence-electron chi connectivity index (χ0n) is 16.2. The molecule has 5 nitrogen and oxygen atoms in total. The zero-order chi connectivity index (χ0) is 24.6. The Bertz CT molecular complexity index is 1090. The fourth-order valence-electron chi connectivity index (χ4n) is 1.81. The lowest BCUT2D eigenvalue weighted by molar-refractivity contribution is -0.00000564. The molecular weight excluding hydrogens is 1500 g/mol. The van der Waals surface area contributed by atoms with Crippen LogP contribution in [0.2, 0.25) is 0 Å². The Kier molecular flexibility index (Phi) is 24.2. The number of nitrogen functional groups attached to an aromatic ring is 2. The van der Waals surface area contributed by atoms with Gasteiger partial charge in [-0.25, -0.2) is 0 Å². The van der Waals surface area contributed by atoms with Crippen molar-refractivity contribution in [2.45, 2.75) is 0 Å². The number of halogens is 11. The molecule has 0 aliphatic carbocycles. The lowest BCUT2D eigenvalue weighted by Gasteiger charge is -2.04. The van der Waals surface area contributed by atoms with Crippen molar-refractivity contribution in [3.05, 3.63) is 73.5 Å². The zero-order valence-corrected chi connectivity index (χ0v) is 37.2. The summed E-state index contributed by atoms with van der Waals surface area (Å²) in [5.41, 5.74) is 10.6. The molecule has 186 valence electrons. The first kappa shape index (κ1) is 39.9. The molecule has 16 heteroatoms. The van der Waals surface area contributed by atoms with E-state index in [1.807, 2.05) is 36.4 Å². The Morgan fingerprint density at radius 2 is 0.912 bits per heavy atom. The number of hydrogen-bond donors (Lipinski definition) is 3. The molecule has 5 N–H and O–H groups in total. The predicted molar refractivity (Wildman–Crippen MR) is 218 cm³/mol. The molecule has 0 saturated heterocycles. The van der Waals surface area contributed by atoms with Crippen LogP contribution in [0.1, 0.15) is 0 Å². The van der Waals surface area contributed by atoms with E-state index in [4.69, 9.17) is 17.0 Å². The number of diazo groups is 1. The van der Waals surface area contributed by atoms with Gasteiger partial charge in [-0.3, -0.25) is 5.84 Å². The van der Waals surface area contributed by atoms with Crippen LogP contribution in [-0.4, -0.2) is 0 Å². The van der Waals surface area contributed by atoms with Gasteiger partial charge in [-0.1, -0.05) is 0 Å². The number of nitrogens with zero attached hydrogens (tertiary/aromatic N) is 2. The standard InChI is InChI=1S/C6H5I3N2.C6H2I3N2.C6H4I3N.2ClH/c2*7-4-1-3(11-10)2-5(8)6(4)9;7-4-1-3(10)2-5(8)6(4)9;;/h1-2,11H,10H2;1-2H;1-2H,10H2;2*1H/q;+1;;;/p-1. The highest BCUT2D eigenvalue weighted by atomic mass is 127. The number of nitrogens with two attached hydrogens (primary N) is 2. The Morgan fingerprint density at radius 3 is 1.21 bits per heavy atom. The highest BCUT2D eigenvalue weighted by Crippen LogP contribution is 2.27. The van der Waals surface area contributed by atoms with Gasteiger partial charge < -0.3 is 23.6 Å². The minimum atomic E-state index is 0. The van der Waals surface area contributed by atoms with E-state index in [0.29, 0.717) is 5.69 Å². The first-order chi connectivity index (χ1) is 14.9. The number of hydrazine groups is 1. The maximum Gasteiger partial charge on any atom is 0.387 e. The molecule has 0 saturated carbocycles. The van der Waals surface area contributed by atoms with Gasteiger partial charge in [0.05, 0.1) is 5.69 Å². The second-order valence-electron chi connectivity index (χ2n) is 5.52. The van der Waals surface area contributed by atoms with Crippen LogP contribution in [0, 0.1) is 37.5 Å². The van der Waals surface area contributed by atoms with Crippen molar-refractivity contribution < 1.29 is 12.4 Å². The molecule has 0 fully saturated rings. The largest absolute Gasteiger partial charge is 1.00 e. The number of anilines is 2. The fourth-order valence-corrected chi connectivity index (χ4v) is 8.07. The first-order valence-corrected chi connectivity index (χ1v) is 17.6. The number of nitrogens with one attached hydrogen (secondary N) is 1. The highest BCUT2D eigenvalue weighted by molar-refractivity contribution is 14.1. The van der Waals surface area contributed by atoms with E-state index in [1.165, 1.54) is 25.0 Å². The summed E-state index contributed by atoms with van der Waals surface area (Å²) in [6.45, 7) is 0. The average Bonchev–Trinajstić information content (AvgIpc) is 2.74. The molecule has 0 unspecified atom stereocenters. The molecule has 0 bridgehead atoms. The molecule has 0 aliphatic heterocycles. The van der Waals surface area contributed by atoms with E-state index in [2.05, 4.69) is 214 Å². The van der Waals surface area contributed by atoms with Gasteiger partial charge in [0.25, 0.3) is 0 Å². The minimum absolute atomic E-state index is 0. The van der Waals surface area contributed by atoms with Crippen LogP contribution in [0.4, 0.5) is 17.1 Å². The molecule has 0 heterocycles. The van der Waals surface area contributed by atoms with Gasteiger partial charge >= 0.3 is 5.69 Å². The van der Waals surface area contributed by atoms with Crippen LogP contribution in [0.25, 0.3) is 4.98 Å². The number of rotatable bonds is 1. The normalized spacial score (nSPS) is 9.09. The summed E-state index contributed by atoms with van der Waals surface area (Å²) in [6, 6.07) is 11.7. The monoisotopic (exact) mass is 1510 g/mol. The van der Waals surface area contributed by atoms with Gasteiger partial charge in [-0.2, -0.15) is 0 Å². The lowest BCUT2D eigenvalue weighted by Crippen LogP contribution is -3.00. The van der Waals surface area contributed by atoms with Crippen molar-refractivity contribution in [1.29, 1.82) is 5.39 Å². The fraction of sp³-hybridized carbons (Fsp3) is 0. The third-order valence-corrected chi connectivity index (χ3v) is 18.0. The van der Waals surface area contributed by atoms with Crippen LogP contribution in [-0.2, 0) is 0 Å². The third-order valence-electron chi connectivity index (χ3n) is 3.24. The van der Waals surface area contributed by atoms with Crippen LogP contribution < -0.4 is 29.4 Å². The molecule has 0 aromatic heterocycles. The topological polar surface area (TPSA) is 92.2 Å². The molecule has 34 heavy (non-hydrogen) atoms. The molecule has 3 rings (SSSR count). The molecule has 0 amide bonds. The summed E-state index contributed by atoms with van der Waals surface area (Å²) in [5.74, 6) is 5.28. The Labute approximate surface area is 333 Å². The van der Waals surface area contributed by atoms with E-state index in [9.17, 15) is 0 Å². The molecule has 0 spiro atoms. The minimum Gasteiger partial charge on any atom is -1.00 e. The molecule has 0 radical (unpaired) electrons. The molecular formula is C18H12Cl2I9N5. The summed E-state index contributed by atoms with van der Waals surface area (Å²) >= 11 is 20.5. The van der Waals surface area contributed by atoms with Crippen molar-refractivity contribution in [3.63, 3.8) is 0 Å². The Hall–Kier alpha value is 3.79. The van der Waals surface area contributed by atoms with Gasteiger partial charge in [-0.05, 0) is 228 Å². The van der Waals surface area contributed by atoms with E-state index in [-0.39, 0.29) is 24.8 Å². The molecule has 3 aromatic rings. The Morgan fingerprint density at radius 1 is 0.618 bits per heavy atom. The van der Waals surface area contributed by atoms with Crippen LogP contribution in [0.3, 0.4) is 0 Å². The smallest absolute Gasteiger partial charge is 0.387 e. The van der Waals surface area contributed by atoms with Crippen molar-refractivity contribution in [2.24, 2.45) is 5.84 Å². The van der Waals surface area contributed by atoms with Crippen molar-refractivity contribution in [3.8, 4) is 0 Å². The quantitative estimate of drug-likeness (QED) is 0.0598. The predicted octanol–water partition coefficient (Wildman–Crippen LogP) is 7.28. The van der Waals surface area contributed by atoms with Crippen LogP contribution >= 0.6 is 216 Å². The number of benzene rings is 3. The summed E-state index contributed by atoms with van der Waals surface area (Å²) in [6.07, 6.45) is 0. The van der Waals surface area contributed by atoms with Crippen molar-refractivity contribution >= 4 is 233 Å². The summed E-state index contributed by atoms with van der Waals surface area (Å²) in [5, 5.41) is 8.49. The highest BCUT2D eigenvalue weighted by Gasteiger charge is 2.11. The van der Waals surface area contributed by atoms with Crippen molar-refractivity contribution in [2.75, 3.05) is 11.2 Å². The maximum atomic E-state index is 8.49. The lowest BCUT2D eigenvalue weighted by atomic mass is 10.3. The van der Waals surface area contributed by atoms with Gasteiger partial charge in [-0.15, -0.1) is 12.4 Å². The van der Waals surface area contributed by atoms with E-state index in [0.717, 1.165) is 18.5 Å². The second kappa shape index (κ2) is 20.6. The summed E-state index contributed by atoms with van der Waals surface area (Å²) < 4.78 is 10.9. The first-order valence-electron chi connectivity index (χ1n) is 7.92. The van der Waals surface area contributed by atoms with Gasteiger partial charge in [0, 0.05) is 50.0 Å². The summed E-state index contributed by atoms with van der Waals surface area (Å²) in [7, 11) is 0. The van der Waals surface area contributed by atoms with Crippen molar-refractivity contribution in [1.82, 2.24) is 0 Å². The summed E-state index contributed by atoms with van der Waals surface area (Å²) in [4.78, 5) is 3.12. The van der Waals surface area contributed by atoms with Gasteiger partial charge in [0.15, 0.2) is 4.98 Å². The van der Waals surface area contributed by atoms with Gasteiger partial charge in [0.1, 0.15) is 0 Å². The van der Waals surface area contributed by atoms with Gasteiger partial charge in [0.2, 0.25) is 5.39 Å². The van der Waals surface area contributed by atoms with Crippen LogP contribution in [0.5, 0.6) is 0 Å². The maximum absolute atomic E-state index is 8.49. The van der Waals surface area contributed by atoms with E-state index < -0.39 is 0 Å². The molecule has 0 atom stereocenters. The average molecular weight is 1510 g/mol. The molecule has 0 aliphatic rings. The third kappa shape index (κ3) is 13.9.